The van der Waals surface area contributed by atoms with Crippen LogP contribution in [0.2, 0.25) is 0 Å². The Labute approximate surface area is 156 Å². The van der Waals surface area contributed by atoms with Gasteiger partial charge in [-0.1, -0.05) is 0 Å². The third-order valence-corrected chi connectivity index (χ3v) is 5.12. The van der Waals surface area contributed by atoms with Gasteiger partial charge in [0.05, 0.1) is 17.3 Å². The Morgan fingerprint density at radius 2 is 2.19 bits per heavy atom. The van der Waals surface area contributed by atoms with Crippen molar-refractivity contribution in [2.45, 2.75) is 52.1 Å². The Morgan fingerprint density at radius 1 is 1.41 bits per heavy atom. The number of aromatic nitrogens is 4. The summed E-state index contributed by atoms with van der Waals surface area (Å²) in [7, 11) is 1.60. The standard InChI is InChI=1S/C19H23N5O3/c1-10(2)24-8-12-6-5-7-13(16(12)22-24)21-17(25)14-11(3)27-18-15(14)19(26)23(4)9-20-18/h8-10,13H,5-7H2,1-4H3,(H,21,25). The predicted molar refractivity (Wildman–Crippen MR) is 99.7 cm³/mol. The highest BCUT2D eigenvalue weighted by Crippen LogP contribution is 2.30. The van der Waals surface area contributed by atoms with Crippen molar-refractivity contribution in [1.82, 2.24) is 24.6 Å². The average molecular weight is 369 g/mol. The minimum Gasteiger partial charge on any atom is -0.442 e. The van der Waals surface area contributed by atoms with Gasteiger partial charge in [-0.05, 0) is 45.6 Å². The average Bonchev–Trinajstić information content (AvgIpc) is 3.20. The summed E-state index contributed by atoms with van der Waals surface area (Å²) >= 11 is 0. The molecule has 3 aromatic rings. The molecule has 1 aliphatic rings. The van der Waals surface area contributed by atoms with Crippen LogP contribution in [0.3, 0.4) is 0 Å². The van der Waals surface area contributed by atoms with Crippen LogP contribution in [0.4, 0.5) is 0 Å². The van der Waals surface area contributed by atoms with Gasteiger partial charge in [0.2, 0.25) is 5.71 Å². The fourth-order valence-electron chi connectivity index (χ4n) is 3.66. The number of nitrogens with zero attached hydrogens (tertiary/aromatic N) is 4. The number of fused-ring (bicyclic) bond motifs is 2. The summed E-state index contributed by atoms with van der Waals surface area (Å²) in [6.45, 7) is 5.83. The number of nitrogens with one attached hydrogen (secondary N) is 1. The topological polar surface area (TPSA) is 95.0 Å². The first kappa shape index (κ1) is 17.5. The summed E-state index contributed by atoms with van der Waals surface area (Å²) in [5.74, 6) is 0.0651. The molecule has 3 aromatic heterocycles. The smallest absolute Gasteiger partial charge is 0.265 e. The molecule has 0 aromatic carbocycles. The molecule has 0 bridgehead atoms. The van der Waals surface area contributed by atoms with E-state index in [0.717, 1.165) is 25.0 Å². The Kier molecular flexibility index (Phi) is 4.13. The van der Waals surface area contributed by atoms with Gasteiger partial charge in [0.25, 0.3) is 11.5 Å². The molecule has 27 heavy (non-hydrogen) atoms. The molecule has 1 atom stereocenters. The number of carbonyl (C=O) groups is 1. The van der Waals surface area contributed by atoms with Gasteiger partial charge in [0, 0.05) is 19.3 Å². The number of hydrogen-bond acceptors (Lipinski definition) is 5. The Balaban J connectivity index is 1.71. The van der Waals surface area contributed by atoms with Crippen molar-refractivity contribution in [2.24, 2.45) is 7.05 Å². The van der Waals surface area contributed by atoms with Crippen molar-refractivity contribution >= 4 is 17.0 Å². The maximum atomic E-state index is 13.0. The van der Waals surface area contributed by atoms with Gasteiger partial charge in [0.15, 0.2) is 0 Å². The summed E-state index contributed by atoms with van der Waals surface area (Å²) in [4.78, 5) is 29.7. The van der Waals surface area contributed by atoms with Crippen LogP contribution >= 0.6 is 0 Å². The van der Waals surface area contributed by atoms with Crippen molar-refractivity contribution in [3.8, 4) is 0 Å². The zero-order valence-electron chi connectivity index (χ0n) is 15.9. The molecule has 1 unspecified atom stereocenters. The molecule has 0 aliphatic heterocycles. The molecule has 142 valence electrons. The molecule has 1 amide bonds. The van der Waals surface area contributed by atoms with E-state index in [9.17, 15) is 9.59 Å². The Hall–Kier alpha value is -2.90. The van der Waals surface area contributed by atoms with Crippen molar-refractivity contribution in [2.75, 3.05) is 0 Å². The molecular weight excluding hydrogens is 346 g/mol. The molecule has 1 aliphatic carbocycles. The van der Waals surface area contributed by atoms with E-state index in [-0.39, 0.29) is 40.2 Å². The first-order valence-electron chi connectivity index (χ1n) is 9.20. The number of carbonyl (C=O) groups excluding carboxylic acids is 1. The molecule has 0 radical (unpaired) electrons. The molecular formula is C19H23N5O3. The van der Waals surface area contributed by atoms with Crippen molar-refractivity contribution in [3.05, 3.63) is 45.5 Å². The summed E-state index contributed by atoms with van der Waals surface area (Å²) in [6.07, 6.45) is 6.22. The fraction of sp³-hybridized carbons (Fsp3) is 0.474. The second-order valence-corrected chi connectivity index (χ2v) is 7.41. The van der Waals surface area contributed by atoms with E-state index < -0.39 is 0 Å². The number of aryl methyl sites for hydroxylation is 3. The molecule has 4 rings (SSSR count). The minimum absolute atomic E-state index is 0.175. The summed E-state index contributed by atoms with van der Waals surface area (Å²) < 4.78 is 8.83. The van der Waals surface area contributed by atoms with Crippen molar-refractivity contribution in [3.63, 3.8) is 0 Å². The monoisotopic (exact) mass is 369 g/mol. The molecule has 0 fully saturated rings. The van der Waals surface area contributed by atoms with Gasteiger partial charge in [-0.2, -0.15) is 5.10 Å². The number of hydrogen-bond donors (Lipinski definition) is 1. The van der Waals surface area contributed by atoms with Crippen LogP contribution < -0.4 is 10.9 Å². The van der Waals surface area contributed by atoms with E-state index in [2.05, 4.69) is 35.4 Å². The largest absolute Gasteiger partial charge is 0.442 e. The second kappa shape index (κ2) is 6.37. The van der Waals surface area contributed by atoms with Gasteiger partial charge < -0.3 is 14.3 Å². The van der Waals surface area contributed by atoms with Crippen LogP contribution in [-0.2, 0) is 13.5 Å². The summed E-state index contributed by atoms with van der Waals surface area (Å²) in [5.41, 5.74) is 2.24. The second-order valence-electron chi connectivity index (χ2n) is 7.41. The quantitative estimate of drug-likeness (QED) is 0.765. The first-order chi connectivity index (χ1) is 12.9. The number of amides is 1. The molecule has 0 saturated heterocycles. The van der Waals surface area contributed by atoms with Crippen LogP contribution in [0.15, 0.2) is 21.7 Å². The van der Waals surface area contributed by atoms with E-state index in [1.165, 1.54) is 16.5 Å². The third-order valence-electron chi connectivity index (χ3n) is 5.12. The zero-order valence-corrected chi connectivity index (χ0v) is 15.9. The Bertz CT molecular complexity index is 1090. The van der Waals surface area contributed by atoms with Crippen LogP contribution in [0.25, 0.3) is 11.1 Å². The van der Waals surface area contributed by atoms with Crippen molar-refractivity contribution in [1.29, 1.82) is 0 Å². The van der Waals surface area contributed by atoms with Crippen LogP contribution in [-0.4, -0.2) is 25.2 Å². The van der Waals surface area contributed by atoms with Gasteiger partial charge >= 0.3 is 0 Å². The maximum absolute atomic E-state index is 13.0. The first-order valence-corrected chi connectivity index (χ1v) is 9.20. The molecule has 0 saturated carbocycles. The van der Waals surface area contributed by atoms with E-state index in [1.54, 1.807) is 14.0 Å². The molecule has 3 heterocycles. The fourth-order valence-corrected chi connectivity index (χ4v) is 3.66. The van der Waals surface area contributed by atoms with Crippen LogP contribution in [0.1, 0.15) is 66.1 Å². The molecule has 8 heteroatoms. The highest BCUT2D eigenvalue weighted by molar-refractivity contribution is 6.06. The molecule has 8 nitrogen and oxygen atoms in total. The lowest BCUT2D eigenvalue weighted by Crippen LogP contribution is -2.32. The Morgan fingerprint density at radius 3 is 2.93 bits per heavy atom. The van der Waals surface area contributed by atoms with Gasteiger partial charge in [0.1, 0.15) is 17.5 Å². The van der Waals surface area contributed by atoms with E-state index in [4.69, 9.17) is 4.42 Å². The van der Waals surface area contributed by atoms with Crippen LogP contribution in [0.5, 0.6) is 0 Å². The van der Waals surface area contributed by atoms with Gasteiger partial charge in [-0.25, -0.2) is 4.98 Å². The maximum Gasteiger partial charge on any atom is 0.265 e. The lowest BCUT2D eigenvalue weighted by Gasteiger charge is -2.22. The van der Waals surface area contributed by atoms with Crippen molar-refractivity contribution < 1.29 is 9.21 Å². The predicted octanol–water partition coefficient (Wildman–Crippen LogP) is 2.42. The minimum atomic E-state index is -0.326. The van der Waals surface area contributed by atoms with Crippen LogP contribution in [0, 0.1) is 6.92 Å². The number of furan rings is 1. The zero-order chi connectivity index (χ0) is 19.3. The third kappa shape index (κ3) is 2.85. The van der Waals surface area contributed by atoms with E-state index >= 15 is 0 Å². The number of rotatable bonds is 3. The highest BCUT2D eigenvalue weighted by Gasteiger charge is 2.29. The molecule has 0 spiro atoms. The highest BCUT2D eigenvalue weighted by atomic mass is 16.3. The molecule has 1 N–H and O–H groups in total. The van der Waals surface area contributed by atoms with Gasteiger partial charge in [-0.3, -0.25) is 14.3 Å². The lowest BCUT2D eigenvalue weighted by molar-refractivity contribution is 0.0931. The normalized spacial score (nSPS) is 16.7. The summed E-state index contributed by atoms with van der Waals surface area (Å²) in [6, 6.07) is 0.0900. The summed E-state index contributed by atoms with van der Waals surface area (Å²) in [5, 5.41) is 7.96. The SMILES string of the molecule is Cc1oc2ncn(C)c(=O)c2c1C(=O)NC1CCCc2cn(C(C)C)nc21. The van der Waals surface area contributed by atoms with E-state index in [1.807, 2.05) is 4.68 Å². The van der Waals surface area contributed by atoms with E-state index in [0.29, 0.717) is 5.76 Å². The lowest BCUT2D eigenvalue weighted by atomic mass is 9.93. The van der Waals surface area contributed by atoms with Gasteiger partial charge in [-0.15, -0.1) is 0 Å².